The number of carbonyl (C=O) groups is 1. The summed E-state index contributed by atoms with van der Waals surface area (Å²) < 4.78 is 42.6. The molecule has 5 heterocycles. The van der Waals surface area contributed by atoms with Crippen molar-refractivity contribution in [2.45, 2.75) is 43.7 Å². The number of rotatable bonds is 6. The van der Waals surface area contributed by atoms with Crippen LogP contribution in [0.5, 0.6) is 6.01 Å². The first kappa shape index (κ1) is 27.8. The zero-order valence-electron chi connectivity index (χ0n) is 23.9. The summed E-state index contributed by atoms with van der Waals surface area (Å²) in [6.07, 6.45) is 5.06. The van der Waals surface area contributed by atoms with Crippen LogP contribution < -0.4 is 9.64 Å². The van der Waals surface area contributed by atoms with Gasteiger partial charge in [-0.3, -0.25) is 14.7 Å². The van der Waals surface area contributed by atoms with Gasteiger partial charge >= 0.3 is 12.0 Å². The van der Waals surface area contributed by atoms with Gasteiger partial charge < -0.3 is 19.5 Å². The normalized spacial score (nSPS) is 21.8. The van der Waals surface area contributed by atoms with E-state index in [-0.39, 0.29) is 34.7 Å². The van der Waals surface area contributed by atoms with Gasteiger partial charge in [0.2, 0.25) is 0 Å². The SMILES string of the molecule is COC(=O)C1CCN(c2nc(OCC34CCCN3CCC4)nc3c(F)c(-c4cccc5cccc(F)c45)ncc23)CC1O. The maximum absolute atomic E-state index is 16.5. The van der Waals surface area contributed by atoms with Crippen LogP contribution in [-0.4, -0.2) is 82.5 Å². The van der Waals surface area contributed by atoms with E-state index < -0.39 is 29.6 Å². The maximum Gasteiger partial charge on any atom is 0.319 e. The number of hydrogen-bond acceptors (Lipinski definition) is 9. The Bertz CT molecular complexity index is 1700. The second-order valence-corrected chi connectivity index (χ2v) is 11.8. The third kappa shape index (κ3) is 4.75. The van der Waals surface area contributed by atoms with Gasteiger partial charge in [0.15, 0.2) is 5.82 Å². The number of esters is 1. The van der Waals surface area contributed by atoms with E-state index in [0.717, 1.165) is 38.8 Å². The average molecular weight is 590 g/mol. The van der Waals surface area contributed by atoms with Crippen LogP contribution >= 0.6 is 0 Å². The number of aliphatic hydroxyl groups is 1. The number of piperidine rings is 1. The fraction of sp³-hybridized carbons (Fsp3) is 0.438. The Hall–Kier alpha value is -3.96. The summed E-state index contributed by atoms with van der Waals surface area (Å²) in [7, 11) is 1.30. The Morgan fingerprint density at radius 3 is 2.60 bits per heavy atom. The van der Waals surface area contributed by atoms with Gasteiger partial charge in [-0.05, 0) is 56.6 Å². The van der Waals surface area contributed by atoms with Crippen molar-refractivity contribution in [2.24, 2.45) is 5.92 Å². The molecule has 2 aromatic heterocycles. The molecule has 0 aliphatic carbocycles. The van der Waals surface area contributed by atoms with Gasteiger partial charge in [0.25, 0.3) is 0 Å². The Morgan fingerprint density at radius 2 is 1.86 bits per heavy atom. The maximum atomic E-state index is 16.5. The number of methoxy groups -OCH3 is 1. The summed E-state index contributed by atoms with van der Waals surface area (Å²) in [4.78, 5) is 30.1. The molecule has 0 spiro atoms. The van der Waals surface area contributed by atoms with Crippen LogP contribution in [0.4, 0.5) is 14.6 Å². The van der Waals surface area contributed by atoms with Crippen molar-refractivity contribution in [3.05, 3.63) is 54.2 Å². The molecule has 0 amide bonds. The summed E-state index contributed by atoms with van der Waals surface area (Å²) in [6.45, 7) is 2.91. The second-order valence-electron chi connectivity index (χ2n) is 11.8. The van der Waals surface area contributed by atoms with Crippen LogP contribution in [0.15, 0.2) is 42.6 Å². The smallest absolute Gasteiger partial charge is 0.319 e. The van der Waals surface area contributed by atoms with Gasteiger partial charge in [0.05, 0.1) is 30.1 Å². The highest BCUT2D eigenvalue weighted by Gasteiger charge is 2.45. The number of β-amino-alcohol motifs (C(OH)–C–C–N with tert-alkyl or cyclic N) is 1. The molecule has 9 nitrogen and oxygen atoms in total. The number of anilines is 1. The first-order chi connectivity index (χ1) is 20.9. The van der Waals surface area contributed by atoms with Crippen molar-refractivity contribution in [1.29, 1.82) is 0 Å². The highest BCUT2D eigenvalue weighted by Crippen LogP contribution is 2.40. The molecule has 3 fully saturated rings. The molecule has 2 atom stereocenters. The first-order valence-electron chi connectivity index (χ1n) is 14.8. The number of aromatic nitrogens is 3. The highest BCUT2D eigenvalue weighted by molar-refractivity contribution is 5.99. The number of carbonyl (C=O) groups excluding carboxylic acids is 1. The topological polar surface area (TPSA) is 101 Å². The van der Waals surface area contributed by atoms with Crippen molar-refractivity contribution in [3.63, 3.8) is 0 Å². The minimum atomic E-state index is -1.00. The number of aliphatic hydroxyl groups excluding tert-OH is 1. The van der Waals surface area contributed by atoms with Crippen molar-refractivity contribution in [2.75, 3.05) is 44.8 Å². The number of pyridine rings is 1. The molecule has 0 bridgehead atoms. The molecule has 3 aliphatic rings. The largest absolute Gasteiger partial charge is 0.469 e. The lowest BCUT2D eigenvalue weighted by atomic mass is 9.94. The third-order valence-corrected chi connectivity index (χ3v) is 9.42. The first-order valence-corrected chi connectivity index (χ1v) is 14.8. The van der Waals surface area contributed by atoms with E-state index in [0.29, 0.717) is 41.7 Å². The predicted octanol–water partition coefficient (Wildman–Crippen LogP) is 4.49. The van der Waals surface area contributed by atoms with E-state index in [9.17, 15) is 14.3 Å². The van der Waals surface area contributed by atoms with Gasteiger partial charge in [-0.2, -0.15) is 9.97 Å². The van der Waals surface area contributed by atoms with E-state index in [1.807, 2.05) is 0 Å². The van der Waals surface area contributed by atoms with Crippen LogP contribution in [-0.2, 0) is 9.53 Å². The molecule has 224 valence electrons. The number of fused-ring (bicyclic) bond motifs is 3. The lowest BCUT2D eigenvalue weighted by Crippen LogP contribution is -2.47. The molecule has 7 rings (SSSR count). The summed E-state index contributed by atoms with van der Waals surface area (Å²) in [6, 6.07) is 9.90. The lowest BCUT2D eigenvalue weighted by Gasteiger charge is -2.36. The molecule has 4 aromatic rings. The van der Waals surface area contributed by atoms with Crippen LogP contribution in [0.1, 0.15) is 32.1 Å². The Balaban J connectivity index is 1.32. The quantitative estimate of drug-likeness (QED) is 0.326. The average Bonchev–Trinajstić information content (AvgIpc) is 3.60. The van der Waals surface area contributed by atoms with E-state index in [4.69, 9.17) is 14.5 Å². The third-order valence-electron chi connectivity index (χ3n) is 9.42. The molecular formula is C32H33F2N5O4. The monoisotopic (exact) mass is 589 g/mol. The van der Waals surface area contributed by atoms with E-state index in [1.54, 1.807) is 35.2 Å². The van der Waals surface area contributed by atoms with Crippen molar-refractivity contribution >= 4 is 33.5 Å². The Morgan fingerprint density at radius 1 is 1.09 bits per heavy atom. The van der Waals surface area contributed by atoms with E-state index in [1.165, 1.54) is 19.4 Å². The minimum Gasteiger partial charge on any atom is -0.469 e. The predicted molar refractivity (Wildman–Crippen MR) is 157 cm³/mol. The minimum absolute atomic E-state index is 0.00452. The standard InChI is InChI=1S/C32H33F2N5O4/c1-42-30(41)20-10-15-38(17-24(20)40)29-22-16-35-27(21-8-2-6-19-7-3-9-23(33)25(19)21)26(34)28(22)36-31(37-29)43-18-32-11-4-13-39(32)14-5-12-32/h2-3,6-9,16,20,24,40H,4-5,10-15,17-18H2,1H3. The fourth-order valence-electron chi connectivity index (χ4n) is 7.22. The van der Waals surface area contributed by atoms with Crippen molar-refractivity contribution in [3.8, 4) is 17.3 Å². The highest BCUT2D eigenvalue weighted by atomic mass is 19.1. The fourth-order valence-corrected chi connectivity index (χ4v) is 7.22. The number of ether oxygens (including phenoxy) is 2. The zero-order chi connectivity index (χ0) is 29.7. The zero-order valence-corrected chi connectivity index (χ0v) is 23.9. The Labute approximate surface area is 247 Å². The molecule has 43 heavy (non-hydrogen) atoms. The number of hydrogen-bond donors (Lipinski definition) is 1. The van der Waals surface area contributed by atoms with E-state index in [2.05, 4.69) is 14.9 Å². The molecule has 0 saturated carbocycles. The number of nitrogens with zero attached hydrogens (tertiary/aromatic N) is 5. The number of benzene rings is 2. The molecule has 3 aliphatic heterocycles. The van der Waals surface area contributed by atoms with E-state index >= 15 is 4.39 Å². The van der Waals surface area contributed by atoms with Crippen LogP contribution in [0.3, 0.4) is 0 Å². The number of halogens is 2. The molecular weight excluding hydrogens is 556 g/mol. The second kappa shape index (κ2) is 10.9. The summed E-state index contributed by atoms with van der Waals surface area (Å²) in [5.74, 6) is -1.96. The van der Waals surface area contributed by atoms with Crippen LogP contribution in [0.2, 0.25) is 0 Å². The van der Waals surface area contributed by atoms with Crippen LogP contribution in [0, 0.1) is 17.6 Å². The van der Waals surface area contributed by atoms with Gasteiger partial charge in [-0.25, -0.2) is 8.78 Å². The van der Waals surface area contributed by atoms with Gasteiger partial charge in [0, 0.05) is 30.2 Å². The van der Waals surface area contributed by atoms with Gasteiger partial charge in [0.1, 0.15) is 29.5 Å². The summed E-state index contributed by atoms with van der Waals surface area (Å²) in [5, 5.41) is 12.1. The van der Waals surface area contributed by atoms with Gasteiger partial charge in [-0.15, -0.1) is 0 Å². The van der Waals surface area contributed by atoms with Gasteiger partial charge in [-0.1, -0.05) is 30.3 Å². The van der Waals surface area contributed by atoms with Crippen molar-refractivity contribution in [1.82, 2.24) is 19.9 Å². The molecule has 0 radical (unpaired) electrons. The molecule has 3 saturated heterocycles. The summed E-state index contributed by atoms with van der Waals surface area (Å²) in [5.41, 5.74) is 0.212. The lowest BCUT2D eigenvalue weighted by molar-refractivity contribution is -0.150. The molecule has 1 N–H and O–H groups in total. The Kier molecular flexibility index (Phi) is 7.09. The summed E-state index contributed by atoms with van der Waals surface area (Å²) >= 11 is 0. The molecule has 11 heteroatoms. The molecule has 2 aromatic carbocycles. The van der Waals surface area contributed by atoms with Crippen molar-refractivity contribution < 1.29 is 28.2 Å². The van der Waals surface area contributed by atoms with Crippen LogP contribution in [0.25, 0.3) is 32.9 Å². The molecule has 2 unspecified atom stereocenters.